The molecule has 6 heteroatoms. The van der Waals surface area contributed by atoms with Crippen molar-refractivity contribution in [2.45, 2.75) is 6.54 Å². The minimum absolute atomic E-state index is 0.344. The van der Waals surface area contributed by atoms with Crippen molar-refractivity contribution in [3.8, 4) is 5.75 Å². The van der Waals surface area contributed by atoms with Crippen LogP contribution < -0.4 is 15.4 Å². The molecule has 0 fully saturated rings. The first kappa shape index (κ1) is 20.7. The predicted molar refractivity (Wildman–Crippen MR) is 118 cm³/mol. The summed E-state index contributed by atoms with van der Waals surface area (Å²) >= 11 is 0. The van der Waals surface area contributed by atoms with Gasteiger partial charge < -0.3 is 20.5 Å². The van der Waals surface area contributed by atoms with Gasteiger partial charge in [0.05, 0.1) is 0 Å². The van der Waals surface area contributed by atoms with E-state index in [4.69, 9.17) is 9.84 Å². The highest BCUT2D eigenvalue weighted by Gasteiger charge is 2.05. The number of benzene rings is 4. The lowest BCUT2D eigenvalue weighted by Crippen LogP contribution is -2.22. The van der Waals surface area contributed by atoms with Gasteiger partial charge in [-0.15, -0.1) is 0 Å². The maximum Gasteiger partial charge on any atom is 0.412 e. The molecule has 3 N–H and O–H groups in total. The van der Waals surface area contributed by atoms with E-state index in [2.05, 4.69) is 10.6 Å². The molecule has 4 rings (SSSR count). The number of amides is 2. The minimum atomic E-state index is -0.997. The molecular weight excluding hydrogens is 380 g/mol. The first-order chi connectivity index (χ1) is 14.6. The van der Waals surface area contributed by atoms with Gasteiger partial charge in [0.15, 0.2) is 0 Å². The van der Waals surface area contributed by atoms with Gasteiger partial charge in [-0.2, -0.15) is 0 Å². The second-order valence-corrected chi connectivity index (χ2v) is 6.41. The van der Waals surface area contributed by atoms with E-state index < -0.39 is 12.2 Å². The van der Waals surface area contributed by atoms with E-state index in [-0.39, 0.29) is 0 Å². The van der Waals surface area contributed by atoms with Crippen LogP contribution in [-0.4, -0.2) is 24.3 Å². The molecule has 0 aliphatic rings. The van der Waals surface area contributed by atoms with Gasteiger partial charge in [0.25, 0.3) is 0 Å². The van der Waals surface area contributed by atoms with Crippen LogP contribution in [0.3, 0.4) is 0 Å². The summed E-state index contributed by atoms with van der Waals surface area (Å²) in [5, 5.41) is 17.5. The zero-order chi connectivity index (χ0) is 21.3. The molecule has 0 heterocycles. The van der Waals surface area contributed by atoms with E-state index >= 15 is 0 Å². The number of fused-ring (bicyclic) bond motifs is 2. The van der Waals surface area contributed by atoms with Crippen LogP contribution in [0.25, 0.3) is 21.5 Å². The summed E-state index contributed by atoms with van der Waals surface area (Å²) in [6.07, 6.45) is -1.45. The van der Waals surface area contributed by atoms with E-state index in [1.807, 2.05) is 78.9 Å². The van der Waals surface area contributed by atoms with E-state index in [9.17, 15) is 9.59 Å². The highest BCUT2D eigenvalue weighted by Crippen LogP contribution is 2.25. The molecule has 30 heavy (non-hydrogen) atoms. The van der Waals surface area contributed by atoms with Crippen molar-refractivity contribution in [2.75, 3.05) is 7.05 Å². The quantitative estimate of drug-likeness (QED) is 0.441. The lowest BCUT2D eigenvalue weighted by molar-refractivity contribution is 0.194. The Morgan fingerprint density at radius 1 is 0.800 bits per heavy atom. The van der Waals surface area contributed by atoms with Gasteiger partial charge >= 0.3 is 12.2 Å². The summed E-state index contributed by atoms with van der Waals surface area (Å²) in [6.45, 7) is 0.344. The molecule has 0 unspecified atom stereocenters. The zero-order valence-corrected chi connectivity index (χ0v) is 16.5. The standard InChI is InChI=1S/2C12H11NO2/c1-13-12(14)15-11-8-4-6-9-5-2-3-7-10(9)11;14-12(15)13-8-10-6-3-5-9-4-1-2-7-11(9)10/h2-8H,1H3,(H,13,14);1-7,13H,8H2,(H,14,15). The van der Waals surface area contributed by atoms with E-state index in [1.54, 1.807) is 6.07 Å². The summed E-state index contributed by atoms with van der Waals surface area (Å²) in [5.74, 6) is 0.576. The minimum Gasteiger partial charge on any atom is -0.465 e. The molecule has 0 saturated heterocycles. The zero-order valence-electron chi connectivity index (χ0n) is 16.5. The first-order valence-corrected chi connectivity index (χ1v) is 9.39. The van der Waals surface area contributed by atoms with E-state index in [1.165, 1.54) is 7.05 Å². The SMILES string of the molecule is CNC(=O)Oc1cccc2ccccc12.O=C(O)NCc1cccc2ccccc12. The number of nitrogens with one attached hydrogen (secondary N) is 2. The van der Waals surface area contributed by atoms with Crippen molar-refractivity contribution in [3.05, 3.63) is 90.5 Å². The largest absolute Gasteiger partial charge is 0.465 e. The van der Waals surface area contributed by atoms with Crippen LogP contribution in [0.2, 0.25) is 0 Å². The van der Waals surface area contributed by atoms with Crippen molar-refractivity contribution < 1.29 is 19.4 Å². The third-order valence-electron chi connectivity index (χ3n) is 4.47. The average molecular weight is 402 g/mol. The Bertz CT molecular complexity index is 1160. The van der Waals surface area contributed by atoms with Crippen molar-refractivity contribution in [1.29, 1.82) is 0 Å². The van der Waals surface area contributed by atoms with Crippen molar-refractivity contribution in [3.63, 3.8) is 0 Å². The Morgan fingerprint density at radius 3 is 2.03 bits per heavy atom. The van der Waals surface area contributed by atoms with E-state index in [0.29, 0.717) is 12.3 Å². The van der Waals surface area contributed by atoms with Crippen LogP contribution in [-0.2, 0) is 6.54 Å². The maximum absolute atomic E-state index is 11.1. The van der Waals surface area contributed by atoms with Crippen molar-refractivity contribution >= 4 is 33.7 Å². The highest BCUT2D eigenvalue weighted by molar-refractivity contribution is 5.90. The molecule has 152 valence electrons. The molecule has 0 saturated carbocycles. The first-order valence-electron chi connectivity index (χ1n) is 9.39. The predicted octanol–water partition coefficient (Wildman–Crippen LogP) is 5.17. The number of carbonyl (C=O) groups is 2. The van der Waals surface area contributed by atoms with Gasteiger partial charge in [0.2, 0.25) is 0 Å². The second kappa shape index (κ2) is 9.93. The lowest BCUT2D eigenvalue weighted by Gasteiger charge is -2.06. The lowest BCUT2D eigenvalue weighted by atomic mass is 10.0. The fourth-order valence-electron chi connectivity index (χ4n) is 3.05. The molecule has 0 bridgehead atoms. The van der Waals surface area contributed by atoms with Crippen LogP contribution >= 0.6 is 0 Å². The van der Waals surface area contributed by atoms with Gasteiger partial charge in [0, 0.05) is 19.0 Å². The Labute approximate surface area is 174 Å². The molecule has 0 radical (unpaired) electrons. The Balaban J connectivity index is 0.000000171. The fraction of sp³-hybridized carbons (Fsp3) is 0.0833. The number of carboxylic acid groups (broad SMARTS) is 1. The maximum atomic E-state index is 11.1. The molecule has 0 spiro atoms. The number of rotatable bonds is 3. The summed E-state index contributed by atoms with van der Waals surface area (Å²) in [7, 11) is 1.54. The summed E-state index contributed by atoms with van der Waals surface area (Å²) in [6, 6.07) is 27.2. The van der Waals surface area contributed by atoms with Crippen molar-refractivity contribution in [2.24, 2.45) is 0 Å². The normalized spacial score (nSPS) is 10.0. The molecular formula is C24H22N2O4. The number of hydrogen-bond acceptors (Lipinski definition) is 3. The Kier molecular flexibility index (Phi) is 6.84. The molecule has 4 aromatic carbocycles. The van der Waals surface area contributed by atoms with Crippen LogP contribution in [0.15, 0.2) is 84.9 Å². The average Bonchev–Trinajstić information content (AvgIpc) is 2.78. The highest BCUT2D eigenvalue weighted by atomic mass is 16.6. The molecule has 0 aromatic heterocycles. The van der Waals surface area contributed by atoms with Crippen LogP contribution in [0.1, 0.15) is 5.56 Å². The fourth-order valence-corrected chi connectivity index (χ4v) is 3.05. The van der Waals surface area contributed by atoms with Gasteiger partial charge in [-0.05, 0) is 27.8 Å². The van der Waals surface area contributed by atoms with Crippen molar-refractivity contribution in [1.82, 2.24) is 10.6 Å². The molecule has 0 aliphatic heterocycles. The number of carbonyl (C=O) groups excluding carboxylic acids is 1. The summed E-state index contributed by atoms with van der Waals surface area (Å²) in [4.78, 5) is 21.5. The summed E-state index contributed by atoms with van der Waals surface area (Å²) in [5.41, 5.74) is 0.996. The van der Waals surface area contributed by atoms with Gasteiger partial charge in [0.1, 0.15) is 5.75 Å². The second-order valence-electron chi connectivity index (χ2n) is 6.41. The number of ether oxygens (including phenoxy) is 1. The smallest absolute Gasteiger partial charge is 0.412 e. The van der Waals surface area contributed by atoms with Crippen LogP contribution in [0, 0.1) is 0 Å². The summed E-state index contributed by atoms with van der Waals surface area (Å²) < 4.78 is 5.13. The third-order valence-corrected chi connectivity index (χ3v) is 4.47. The molecule has 0 aliphatic carbocycles. The van der Waals surface area contributed by atoms with Gasteiger partial charge in [-0.25, -0.2) is 9.59 Å². The third kappa shape index (κ3) is 5.26. The monoisotopic (exact) mass is 402 g/mol. The Hall–Kier alpha value is -4.06. The molecule has 0 atom stereocenters. The van der Waals surface area contributed by atoms with E-state index in [0.717, 1.165) is 27.1 Å². The topological polar surface area (TPSA) is 87.7 Å². The Morgan fingerprint density at radius 2 is 1.37 bits per heavy atom. The molecule has 6 nitrogen and oxygen atoms in total. The van der Waals surface area contributed by atoms with Gasteiger partial charge in [-0.1, -0.05) is 78.9 Å². The van der Waals surface area contributed by atoms with Crippen LogP contribution in [0.5, 0.6) is 5.75 Å². The van der Waals surface area contributed by atoms with Gasteiger partial charge in [-0.3, -0.25) is 0 Å². The molecule has 2 amide bonds. The number of hydrogen-bond donors (Lipinski definition) is 3. The molecule has 4 aromatic rings. The van der Waals surface area contributed by atoms with Crippen LogP contribution in [0.4, 0.5) is 9.59 Å².